The predicted molar refractivity (Wildman–Crippen MR) is 67.3 cm³/mol. The van der Waals surface area contributed by atoms with Gasteiger partial charge in [0, 0.05) is 30.5 Å². The van der Waals surface area contributed by atoms with Crippen LogP contribution in [0.15, 0.2) is 28.4 Å². The Kier molecular flexibility index (Phi) is 2.78. The van der Waals surface area contributed by atoms with Crippen LogP contribution in [0.3, 0.4) is 0 Å². The third-order valence-electron chi connectivity index (χ3n) is 2.90. The molecule has 0 fully saturated rings. The van der Waals surface area contributed by atoms with Gasteiger partial charge in [-0.05, 0) is 17.0 Å². The van der Waals surface area contributed by atoms with Crippen LogP contribution in [-0.2, 0) is 19.5 Å². The first-order valence-electron chi connectivity index (χ1n) is 5.66. The Balaban J connectivity index is 1.97. The smallest absolute Gasteiger partial charge is 0.267 e. The number of nitrogens with one attached hydrogen (secondary N) is 1. The van der Waals surface area contributed by atoms with E-state index in [1.54, 1.807) is 22.1 Å². The third kappa shape index (κ3) is 2.16. The van der Waals surface area contributed by atoms with Gasteiger partial charge >= 0.3 is 0 Å². The predicted octanol–water partition coefficient (Wildman–Crippen LogP) is 0.999. The molecule has 0 saturated heterocycles. The highest BCUT2D eigenvalue weighted by atomic mass is 32.1. The number of nitrogens with zero attached hydrogens (tertiary/aromatic N) is 2. The number of rotatable bonds is 2. The van der Waals surface area contributed by atoms with Gasteiger partial charge in [-0.3, -0.25) is 4.79 Å². The molecule has 0 radical (unpaired) electrons. The maximum Gasteiger partial charge on any atom is 0.267 e. The van der Waals surface area contributed by atoms with Gasteiger partial charge in [0.15, 0.2) is 0 Å². The van der Waals surface area contributed by atoms with E-state index in [0.29, 0.717) is 6.54 Å². The number of hydrogen-bond donors (Lipinski definition) is 1. The van der Waals surface area contributed by atoms with E-state index in [-0.39, 0.29) is 5.56 Å². The van der Waals surface area contributed by atoms with Crippen LogP contribution < -0.4 is 10.9 Å². The summed E-state index contributed by atoms with van der Waals surface area (Å²) in [5.74, 6) is 0. The molecular formula is C12H13N3OS. The van der Waals surface area contributed by atoms with E-state index in [2.05, 4.69) is 10.4 Å². The van der Waals surface area contributed by atoms with Gasteiger partial charge in [0.2, 0.25) is 0 Å². The number of hydrogen-bond acceptors (Lipinski definition) is 4. The summed E-state index contributed by atoms with van der Waals surface area (Å²) >= 11 is 1.65. The van der Waals surface area contributed by atoms with Crippen molar-refractivity contribution in [3.63, 3.8) is 0 Å². The highest BCUT2D eigenvalue weighted by molar-refractivity contribution is 7.09. The summed E-state index contributed by atoms with van der Waals surface area (Å²) in [6.45, 7) is 2.28. The normalized spacial score (nSPS) is 14.6. The van der Waals surface area contributed by atoms with Crippen LogP contribution >= 0.6 is 11.3 Å². The molecule has 0 bridgehead atoms. The Bertz CT molecular complexity index is 574. The standard InChI is InChI=1S/C12H13N3OS/c16-12-6-9-7-13-4-3-11(9)14-15(12)8-10-2-1-5-17-10/h1-2,5-6,13H,3-4,7-8H2. The molecule has 4 nitrogen and oxygen atoms in total. The van der Waals surface area contributed by atoms with Gasteiger partial charge in [0.1, 0.15) is 0 Å². The Morgan fingerprint density at radius 1 is 1.53 bits per heavy atom. The van der Waals surface area contributed by atoms with Gasteiger partial charge < -0.3 is 5.32 Å². The molecule has 0 spiro atoms. The number of thiophene rings is 1. The van der Waals surface area contributed by atoms with E-state index in [4.69, 9.17) is 0 Å². The summed E-state index contributed by atoms with van der Waals surface area (Å²) in [6, 6.07) is 5.73. The molecule has 0 aliphatic carbocycles. The van der Waals surface area contributed by atoms with E-state index >= 15 is 0 Å². The molecule has 5 heteroatoms. The van der Waals surface area contributed by atoms with E-state index < -0.39 is 0 Å². The van der Waals surface area contributed by atoms with Crippen LogP contribution in [0.25, 0.3) is 0 Å². The molecule has 2 aromatic rings. The third-order valence-corrected chi connectivity index (χ3v) is 3.77. The van der Waals surface area contributed by atoms with Crippen molar-refractivity contribution in [1.29, 1.82) is 0 Å². The van der Waals surface area contributed by atoms with E-state index in [1.165, 1.54) is 0 Å². The van der Waals surface area contributed by atoms with Crippen LogP contribution in [0.4, 0.5) is 0 Å². The van der Waals surface area contributed by atoms with Crippen molar-refractivity contribution in [2.75, 3.05) is 6.54 Å². The fourth-order valence-electron chi connectivity index (χ4n) is 2.02. The summed E-state index contributed by atoms with van der Waals surface area (Å²) in [6.07, 6.45) is 0.903. The van der Waals surface area contributed by atoms with Crippen molar-refractivity contribution >= 4 is 11.3 Å². The first kappa shape index (κ1) is 10.7. The summed E-state index contributed by atoms with van der Waals surface area (Å²) < 4.78 is 1.57. The molecule has 0 aromatic carbocycles. The van der Waals surface area contributed by atoms with Crippen LogP contribution in [0.1, 0.15) is 16.1 Å². The van der Waals surface area contributed by atoms with Gasteiger partial charge in [-0.1, -0.05) is 6.07 Å². The molecule has 1 aliphatic heterocycles. The minimum atomic E-state index is -0.0131. The maximum atomic E-state index is 11.9. The zero-order valence-corrected chi connectivity index (χ0v) is 10.2. The second kappa shape index (κ2) is 4.43. The maximum absolute atomic E-state index is 11.9. The molecule has 3 heterocycles. The molecule has 17 heavy (non-hydrogen) atoms. The average Bonchev–Trinajstić information content (AvgIpc) is 2.83. The second-order valence-corrected chi connectivity index (χ2v) is 5.15. The molecule has 1 N–H and O–H groups in total. The fourth-order valence-corrected chi connectivity index (χ4v) is 2.71. The van der Waals surface area contributed by atoms with Gasteiger partial charge in [0.25, 0.3) is 5.56 Å². The first-order chi connectivity index (χ1) is 8.33. The fraction of sp³-hybridized carbons (Fsp3) is 0.333. The lowest BCUT2D eigenvalue weighted by Crippen LogP contribution is -2.31. The molecule has 1 aliphatic rings. The van der Waals surface area contributed by atoms with Crippen molar-refractivity contribution in [2.24, 2.45) is 0 Å². The van der Waals surface area contributed by atoms with Gasteiger partial charge in [-0.2, -0.15) is 5.10 Å². The van der Waals surface area contributed by atoms with Crippen LogP contribution in [0.2, 0.25) is 0 Å². The average molecular weight is 247 g/mol. The van der Waals surface area contributed by atoms with Crippen LogP contribution in [0, 0.1) is 0 Å². The Labute approximate surface area is 103 Å². The molecule has 0 amide bonds. The van der Waals surface area contributed by atoms with Gasteiger partial charge in [0.05, 0.1) is 12.2 Å². The molecule has 88 valence electrons. The van der Waals surface area contributed by atoms with Crippen LogP contribution in [-0.4, -0.2) is 16.3 Å². The van der Waals surface area contributed by atoms with Crippen molar-refractivity contribution in [3.05, 3.63) is 50.1 Å². The lowest BCUT2D eigenvalue weighted by Gasteiger charge is -2.16. The first-order valence-corrected chi connectivity index (χ1v) is 6.54. The zero-order chi connectivity index (χ0) is 11.7. The van der Waals surface area contributed by atoms with Crippen molar-refractivity contribution in [3.8, 4) is 0 Å². The number of fused-ring (bicyclic) bond motifs is 1. The monoisotopic (exact) mass is 247 g/mol. The summed E-state index contributed by atoms with van der Waals surface area (Å²) in [4.78, 5) is 13.1. The minimum absolute atomic E-state index is 0.0131. The largest absolute Gasteiger partial charge is 0.312 e. The van der Waals surface area contributed by atoms with Crippen molar-refractivity contribution in [2.45, 2.75) is 19.5 Å². The lowest BCUT2D eigenvalue weighted by molar-refractivity contribution is 0.565. The molecule has 0 saturated carbocycles. The van der Waals surface area contributed by atoms with Gasteiger partial charge in [-0.15, -0.1) is 11.3 Å². The lowest BCUT2D eigenvalue weighted by atomic mass is 10.1. The van der Waals surface area contributed by atoms with E-state index in [1.807, 2.05) is 17.5 Å². The molecule has 0 atom stereocenters. The highest BCUT2D eigenvalue weighted by Crippen LogP contribution is 2.11. The topological polar surface area (TPSA) is 46.9 Å². The molecule has 0 unspecified atom stereocenters. The van der Waals surface area contributed by atoms with Crippen molar-refractivity contribution < 1.29 is 0 Å². The number of aromatic nitrogens is 2. The Morgan fingerprint density at radius 3 is 3.29 bits per heavy atom. The Morgan fingerprint density at radius 2 is 2.47 bits per heavy atom. The quantitative estimate of drug-likeness (QED) is 0.861. The minimum Gasteiger partial charge on any atom is -0.312 e. The van der Waals surface area contributed by atoms with E-state index in [9.17, 15) is 4.79 Å². The highest BCUT2D eigenvalue weighted by Gasteiger charge is 2.12. The SMILES string of the molecule is O=c1cc2c(nn1Cc1cccs1)CCNC2. The molecular weight excluding hydrogens is 234 g/mol. The van der Waals surface area contributed by atoms with E-state index in [0.717, 1.165) is 35.6 Å². The molecule has 2 aromatic heterocycles. The summed E-state index contributed by atoms with van der Waals surface area (Å²) in [5.41, 5.74) is 2.09. The van der Waals surface area contributed by atoms with Gasteiger partial charge in [-0.25, -0.2) is 4.68 Å². The summed E-state index contributed by atoms with van der Waals surface area (Å²) in [5, 5.41) is 9.72. The zero-order valence-electron chi connectivity index (χ0n) is 9.35. The van der Waals surface area contributed by atoms with Crippen molar-refractivity contribution in [1.82, 2.24) is 15.1 Å². The second-order valence-electron chi connectivity index (χ2n) is 4.12. The Hall–Kier alpha value is -1.46. The van der Waals surface area contributed by atoms with Crippen LogP contribution in [0.5, 0.6) is 0 Å². The molecule has 3 rings (SSSR count). The summed E-state index contributed by atoms with van der Waals surface area (Å²) in [7, 11) is 0.